The minimum atomic E-state index is -0.293. The molecule has 2 aromatic rings. The predicted octanol–water partition coefficient (Wildman–Crippen LogP) is 5.42. The molecule has 5 heteroatoms. The van der Waals surface area contributed by atoms with Gasteiger partial charge in [-0.3, -0.25) is 4.79 Å². The van der Waals surface area contributed by atoms with Gasteiger partial charge in [0, 0.05) is 12.2 Å². The SMILES string of the molecule is CC=CCN(c1ccccc1CC(=O)OC)c1c(Cl)cccc1Cl. The van der Waals surface area contributed by atoms with Crippen molar-refractivity contribution in [3.8, 4) is 0 Å². The van der Waals surface area contributed by atoms with Crippen LogP contribution in [0.15, 0.2) is 54.6 Å². The monoisotopic (exact) mass is 363 g/mol. The van der Waals surface area contributed by atoms with Crippen molar-refractivity contribution in [3.63, 3.8) is 0 Å². The molecule has 0 atom stereocenters. The number of esters is 1. The van der Waals surface area contributed by atoms with Gasteiger partial charge in [0.25, 0.3) is 0 Å². The third-order valence-corrected chi connectivity index (χ3v) is 4.19. The summed E-state index contributed by atoms with van der Waals surface area (Å²) in [7, 11) is 1.38. The standard InChI is InChI=1S/C19H19Cl2NO2/c1-3-4-12-22(19-15(20)9-7-10-16(19)21)17-11-6-5-8-14(17)13-18(23)24-2/h3-11H,12-13H2,1-2H3. The average Bonchev–Trinajstić information content (AvgIpc) is 2.58. The highest BCUT2D eigenvalue weighted by atomic mass is 35.5. The van der Waals surface area contributed by atoms with Gasteiger partial charge in [0.2, 0.25) is 0 Å². The van der Waals surface area contributed by atoms with Crippen molar-refractivity contribution in [3.05, 3.63) is 70.2 Å². The summed E-state index contributed by atoms with van der Waals surface area (Å²) >= 11 is 12.8. The van der Waals surface area contributed by atoms with Crippen LogP contribution in [0.25, 0.3) is 0 Å². The van der Waals surface area contributed by atoms with Crippen molar-refractivity contribution < 1.29 is 9.53 Å². The van der Waals surface area contributed by atoms with E-state index in [9.17, 15) is 4.79 Å². The normalized spacial score (nSPS) is 10.8. The summed E-state index contributed by atoms with van der Waals surface area (Å²) in [6.45, 7) is 2.53. The van der Waals surface area contributed by atoms with E-state index in [1.165, 1.54) is 7.11 Å². The van der Waals surface area contributed by atoms with Crippen LogP contribution < -0.4 is 4.90 Å². The Kier molecular flexibility index (Phi) is 6.71. The second-order valence-corrected chi connectivity index (χ2v) is 5.95. The number of rotatable bonds is 6. The summed E-state index contributed by atoms with van der Waals surface area (Å²) in [5.74, 6) is -0.293. The Balaban J connectivity index is 2.55. The Bertz CT molecular complexity index is 724. The first kappa shape index (κ1) is 18.4. The minimum absolute atomic E-state index is 0.182. The first-order valence-corrected chi connectivity index (χ1v) is 8.31. The van der Waals surface area contributed by atoms with Crippen molar-refractivity contribution in [2.75, 3.05) is 18.6 Å². The van der Waals surface area contributed by atoms with Crippen LogP contribution in [0.1, 0.15) is 12.5 Å². The van der Waals surface area contributed by atoms with E-state index in [1.54, 1.807) is 12.1 Å². The molecular formula is C19H19Cl2NO2. The van der Waals surface area contributed by atoms with Crippen LogP contribution in [0.4, 0.5) is 11.4 Å². The van der Waals surface area contributed by atoms with Gasteiger partial charge in [-0.05, 0) is 30.7 Å². The summed E-state index contributed by atoms with van der Waals surface area (Å²) in [4.78, 5) is 13.7. The van der Waals surface area contributed by atoms with Crippen LogP contribution in [0, 0.1) is 0 Å². The van der Waals surface area contributed by atoms with Crippen molar-refractivity contribution in [2.24, 2.45) is 0 Å². The van der Waals surface area contributed by atoms with E-state index in [2.05, 4.69) is 0 Å². The van der Waals surface area contributed by atoms with Crippen LogP contribution in [-0.4, -0.2) is 19.6 Å². The maximum atomic E-state index is 11.7. The number of halogens is 2. The van der Waals surface area contributed by atoms with Gasteiger partial charge in [-0.1, -0.05) is 59.6 Å². The van der Waals surface area contributed by atoms with Gasteiger partial charge < -0.3 is 9.64 Å². The molecule has 0 aliphatic rings. The molecule has 0 aliphatic heterocycles. The third-order valence-electron chi connectivity index (χ3n) is 3.58. The second kappa shape index (κ2) is 8.76. The zero-order chi connectivity index (χ0) is 17.5. The molecule has 126 valence electrons. The van der Waals surface area contributed by atoms with Gasteiger partial charge in [-0.15, -0.1) is 0 Å². The molecule has 0 saturated carbocycles. The van der Waals surface area contributed by atoms with Crippen LogP contribution in [0.3, 0.4) is 0 Å². The fourth-order valence-corrected chi connectivity index (χ4v) is 3.02. The molecule has 0 fully saturated rings. The molecule has 0 bridgehead atoms. The van der Waals surface area contributed by atoms with Crippen LogP contribution in [0.2, 0.25) is 10.0 Å². The molecule has 0 saturated heterocycles. The number of ether oxygens (including phenoxy) is 1. The Labute approximate surface area is 152 Å². The minimum Gasteiger partial charge on any atom is -0.469 e. The third kappa shape index (κ3) is 4.31. The van der Waals surface area contributed by atoms with Crippen molar-refractivity contribution in [1.29, 1.82) is 0 Å². The summed E-state index contributed by atoms with van der Waals surface area (Å²) in [5, 5.41) is 1.11. The lowest BCUT2D eigenvalue weighted by Crippen LogP contribution is -2.20. The zero-order valence-corrected chi connectivity index (χ0v) is 15.1. The first-order valence-electron chi connectivity index (χ1n) is 7.56. The van der Waals surface area contributed by atoms with E-state index in [0.717, 1.165) is 16.9 Å². The van der Waals surface area contributed by atoms with Crippen LogP contribution in [0.5, 0.6) is 0 Å². The van der Waals surface area contributed by atoms with E-state index in [4.69, 9.17) is 27.9 Å². The van der Waals surface area contributed by atoms with Gasteiger partial charge in [-0.2, -0.15) is 0 Å². The lowest BCUT2D eigenvalue weighted by Gasteiger charge is -2.28. The Morgan fingerprint density at radius 2 is 1.79 bits per heavy atom. The first-order chi connectivity index (χ1) is 11.6. The van der Waals surface area contributed by atoms with Crippen molar-refractivity contribution >= 4 is 40.5 Å². The van der Waals surface area contributed by atoms with Crippen LogP contribution in [-0.2, 0) is 16.0 Å². The predicted molar refractivity (Wildman–Crippen MR) is 100 cm³/mol. The van der Waals surface area contributed by atoms with E-state index in [1.807, 2.05) is 54.3 Å². The van der Waals surface area contributed by atoms with E-state index < -0.39 is 0 Å². The smallest absolute Gasteiger partial charge is 0.310 e. The second-order valence-electron chi connectivity index (χ2n) is 5.13. The van der Waals surface area contributed by atoms with E-state index in [0.29, 0.717) is 16.6 Å². The molecule has 24 heavy (non-hydrogen) atoms. The Morgan fingerprint density at radius 3 is 2.42 bits per heavy atom. The maximum absolute atomic E-state index is 11.7. The summed E-state index contributed by atoms with van der Waals surface area (Å²) in [6, 6.07) is 13.1. The van der Waals surface area contributed by atoms with Gasteiger partial charge >= 0.3 is 5.97 Å². The number of nitrogens with zero attached hydrogens (tertiary/aromatic N) is 1. The molecule has 0 amide bonds. The number of methoxy groups -OCH3 is 1. The fourth-order valence-electron chi connectivity index (χ4n) is 2.42. The number of benzene rings is 2. The van der Waals surface area contributed by atoms with Gasteiger partial charge in [-0.25, -0.2) is 0 Å². The lowest BCUT2D eigenvalue weighted by molar-refractivity contribution is -0.139. The van der Waals surface area contributed by atoms with E-state index >= 15 is 0 Å². The molecule has 0 spiro atoms. The molecule has 0 N–H and O–H groups in total. The highest BCUT2D eigenvalue weighted by molar-refractivity contribution is 6.39. The Morgan fingerprint density at radius 1 is 1.12 bits per heavy atom. The van der Waals surface area contributed by atoms with Crippen molar-refractivity contribution in [1.82, 2.24) is 0 Å². The Hall–Kier alpha value is -1.97. The molecule has 0 unspecified atom stereocenters. The fraction of sp³-hybridized carbons (Fsp3) is 0.211. The number of anilines is 2. The van der Waals surface area contributed by atoms with Crippen LogP contribution >= 0.6 is 23.2 Å². The highest BCUT2D eigenvalue weighted by Gasteiger charge is 2.19. The molecule has 3 nitrogen and oxygen atoms in total. The number of carbonyl (C=O) groups is 1. The quantitative estimate of drug-likeness (QED) is 0.506. The highest BCUT2D eigenvalue weighted by Crippen LogP contribution is 2.39. The topological polar surface area (TPSA) is 29.5 Å². The maximum Gasteiger partial charge on any atom is 0.310 e. The van der Waals surface area contributed by atoms with Crippen molar-refractivity contribution in [2.45, 2.75) is 13.3 Å². The van der Waals surface area contributed by atoms with Gasteiger partial charge in [0.05, 0.1) is 29.3 Å². The molecule has 0 aliphatic carbocycles. The number of carbonyl (C=O) groups excluding carboxylic acids is 1. The largest absolute Gasteiger partial charge is 0.469 e. The number of allylic oxidation sites excluding steroid dienone is 1. The molecule has 0 aromatic heterocycles. The average molecular weight is 364 g/mol. The van der Waals surface area contributed by atoms with Gasteiger partial charge in [0.15, 0.2) is 0 Å². The number of para-hydroxylation sites is 2. The molecule has 2 rings (SSSR count). The molecule has 2 aromatic carbocycles. The molecule has 0 radical (unpaired) electrons. The lowest BCUT2D eigenvalue weighted by atomic mass is 10.1. The summed E-state index contributed by atoms with van der Waals surface area (Å²) in [6.07, 6.45) is 4.15. The number of hydrogen-bond donors (Lipinski definition) is 0. The van der Waals surface area contributed by atoms with Gasteiger partial charge in [0.1, 0.15) is 0 Å². The molecule has 0 heterocycles. The summed E-state index contributed by atoms with van der Waals surface area (Å²) < 4.78 is 4.80. The zero-order valence-electron chi connectivity index (χ0n) is 13.6. The molecular weight excluding hydrogens is 345 g/mol. The van der Waals surface area contributed by atoms with E-state index in [-0.39, 0.29) is 12.4 Å². The number of hydrogen-bond acceptors (Lipinski definition) is 3. The summed E-state index contributed by atoms with van der Waals surface area (Å²) in [5.41, 5.74) is 2.44.